The third-order valence-corrected chi connectivity index (χ3v) is 4.94. The number of aryl methyl sites for hydroxylation is 2. The molecule has 2 aromatic rings. The average Bonchev–Trinajstić information content (AvgIpc) is 2.95. The predicted molar refractivity (Wildman–Crippen MR) is 99.7 cm³/mol. The van der Waals surface area contributed by atoms with Crippen LogP contribution in [0.3, 0.4) is 0 Å². The minimum absolute atomic E-state index is 0.159. The van der Waals surface area contributed by atoms with E-state index in [0.29, 0.717) is 0 Å². The summed E-state index contributed by atoms with van der Waals surface area (Å²) in [6.45, 7) is 4.62. The number of carbonyl (C=O) groups is 1. The standard InChI is InChI=1S/C20H29N3O/c1-4-11-23(13-12-22(2)3)20(24)15-9-10-19-17(14-15)16-7-5-6-8-18(16)21-19/h9-10,14,21H,4-8,11-13H2,1-3H3. The molecule has 0 atom stereocenters. The van der Waals surface area contributed by atoms with Crippen molar-refractivity contribution in [1.29, 1.82) is 0 Å². The summed E-state index contributed by atoms with van der Waals surface area (Å²) in [5.74, 6) is 0.159. The van der Waals surface area contributed by atoms with E-state index in [0.717, 1.165) is 44.5 Å². The van der Waals surface area contributed by atoms with Gasteiger partial charge in [-0.3, -0.25) is 4.79 Å². The molecule has 0 aliphatic heterocycles. The van der Waals surface area contributed by atoms with E-state index in [9.17, 15) is 4.79 Å². The highest BCUT2D eigenvalue weighted by Gasteiger charge is 2.19. The fraction of sp³-hybridized carbons (Fsp3) is 0.550. The lowest BCUT2D eigenvalue weighted by Crippen LogP contribution is -2.37. The smallest absolute Gasteiger partial charge is 0.253 e. The molecule has 1 aliphatic rings. The second-order valence-corrected chi connectivity index (χ2v) is 7.15. The number of aromatic nitrogens is 1. The fourth-order valence-electron chi connectivity index (χ4n) is 3.63. The van der Waals surface area contributed by atoms with Crippen LogP contribution >= 0.6 is 0 Å². The molecule has 1 aromatic heterocycles. The van der Waals surface area contributed by atoms with Crippen molar-refractivity contribution in [1.82, 2.24) is 14.8 Å². The summed E-state index contributed by atoms with van der Waals surface area (Å²) in [5, 5.41) is 1.25. The molecule has 1 aromatic carbocycles. The first-order valence-electron chi connectivity index (χ1n) is 9.17. The van der Waals surface area contributed by atoms with Crippen LogP contribution in [0.2, 0.25) is 0 Å². The summed E-state index contributed by atoms with van der Waals surface area (Å²) in [5.41, 5.74) is 4.80. The Morgan fingerprint density at radius 1 is 1.12 bits per heavy atom. The van der Waals surface area contributed by atoms with Crippen molar-refractivity contribution >= 4 is 16.8 Å². The van der Waals surface area contributed by atoms with Crippen molar-refractivity contribution in [3.63, 3.8) is 0 Å². The molecule has 130 valence electrons. The van der Waals surface area contributed by atoms with Crippen LogP contribution in [-0.2, 0) is 12.8 Å². The van der Waals surface area contributed by atoms with Gasteiger partial charge in [0.05, 0.1) is 0 Å². The van der Waals surface area contributed by atoms with Crippen LogP contribution in [0, 0.1) is 0 Å². The Labute approximate surface area is 144 Å². The fourth-order valence-corrected chi connectivity index (χ4v) is 3.63. The van der Waals surface area contributed by atoms with E-state index in [2.05, 4.69) is 28.9 Å². The quantitative estimate of drug-likeness (QED) is 0.882. The molecule has 0 fully saturated rings. The van der Waals surface area contributed by atoms with Crippen LogP contribution in [0.15, 0.2) is 18.2 Å². The van der Waals surface area contributed by atoms with E-state index >= 15 is 0 Å². The Kier molecular flexibility index (Phi) is 5.24. The lowest BCUT2D eigenvalue weighted by atomic mass is 9.95. The van der Waals surface area contributed by atoms with Gasteiger partial charge in [-0.15, -0.1) is 0 Å². The number of carbonyl (C=O) groups excluding carboxylic acids is 1. The number of hydrogen-bond donors (Lipinski definition) is 1. The van der Waals surface area contributed by atoms with Crippen molar-refractivity contribution in [3.05, 3.63) is 35.0 Å². The molecule has 0 bridgehead atoms. The minimum Gasteiger partial charge on any atom is -0.358 e. The molecule has 1 N–H and O–H groups in total. The van der Waals surface area contributed by atoms with Crippen molar-refractivity contribution in [2.24, 2.45) is 0 Å². The van der Waals surface area contributed by atoms with Crippen LogP contribution in [0.5, 0.6) is 0 Å². The zero-order chi connectivity index (χ0) is 17.1. The summed E-state index contributed by atoms with van der Waals surface area (Å²) < 4.78 is 0. The Morgan fingerprint density at radius 2 is 1.92 bits per heavy atom. The van der Waals surface area contributed by atoms with E-state index in [4.69, 9.17) is 0 Å². The lowest BCUT2D eigenvalue weighted by Gasteiger charge is -2.24. The van der Waals surface area contributed by atoms with Gasteiger partial charge < -0.3 is 14.8 Å². The second-order valence-electron chi connectivity index (χ2n) is 7.15. The number of amides is 1. The first kappa shape index (κ1) is 17.0. The predicted octanol–water partition coefficient (Wildman–Crippen LogP) is 3.46. The number of fused-ring (bicyclic) bond motifs is 3. The Balaban J connectivity index is 1.87. The Hall–Kier alpha value is -1.81. The number of benzene rings is 1. The molecule has 0 unspecified atom stereocenters. The molecule has 1 amide bonds. The zero-order valence-electron chi connectivity index (χ0n) is 15.2. The Bertz CT molecular complexity index is 717. The van der Waals surface area contributed by atoms with Gasteiger partial charge in [0.15, 0.2) is 0 Å². The second kappa shape index (κ2) is 7.39. The molecule has 0 radical (unpaired) electrons. The Morgan fingerprint density at radius 3 is 2.67 bits per heavy atom. The van der Waals surface area contributed by atoms with Gasteiger partial charge in [0, 0.05) is 41.8 Å². The van der Waals surface area contributed by atoms with Gasteiger partial charge in [-0.2, -0.15) is 0 Å². The van der Waals surface area contributed by atoms with Crippen molar-refractivity contribution < 1.29 is 4.79 Å². The first-order chi connectivity index (χ1) is 11.6. The number of nitrogens with zero attached hydrogens (tertiary/aromatic N) is 2. The molecule has 1 aliphatic carbocycles. The van der Waals surface area contributed by atoms with Crippen LogP contribution in [-0.4, -0.2) is 54.4 Å². The molecule has 0 saturated carbocycles. The summed E-state index contributed by atoms with van der Waals surface area (Å²) in [6.07, 6.45) is 5.77. The zero-order valence-corrected chi connectivity index (χ0v) is 15.2. The lowest BCUT2D eigenvalue weighted by molar-refractivity contribution is 0.0745. The van der Waals surface area contributed by atoms with Gasteiger partial charge in [-0.25, -0.2) is 0 Å². The molecule has 0 spiro atoms. The maximum Gasteiger partial charge on any atom is 0.253 e. The summed E-state index contributed by atoms with van der Waals surface area (Å²) in [6, 6.07) is 6.17. The maximum atomic E-state index is 13.0. The third kappa shape index (κ3) is 3.48. The summed E-state index contributed by atoms with van der Waals surface area (Å²) in [4.78, 5) is 20.6. The molecular weight excluding hydrogens is 298 g/mol. The molecule has 3 rings (SSSR count). The van der Waals surface area contributed by atoms with E-state index in [1.807, 2.05) is 25.1 Å². The number of aromatic amines is 1. The topological polar surface area (TPSA) is 39.3 Å². The van der Waals surface area contributed by atoms with E-state index in [-0.39, 0.29) is 5.91 Å². The van der Waals surface area contributed by atoms with Crippen LogP contribution in [0.1, 0.15) is 47.8 Å². The monoisotopic (exact) mass is 327 g/mol. The highest BCUT2D eigenvalue weighted by atomic mass is 16.2. The number of likely N-dealkylation sites (N-methyl/N-ethyl adjacent to an activating group) is 1. The summed E-state index contributed by atoms with van der Waals surface area (Å²) >= 11 is 0. The molecular formula is C20H29N3O. The van der Waals surface area contributed by atoms with E-state index < -0.39 is 0 Å². The van der Waals surface area contributed by atoms with Gasteiger partial charge >= 0.3 is 0 Å². The van der Waals surface area contributed by atoms with Gasteiger partial charge in [-0.1, -0.05) is 6.92 Å². The van der Waals surface area contributed by atoms with Crippen molar-refractivity contribution in [2.75, 3.05) is 33.7 Å². The van der Waals surface area contributed by atoms with Gasteiger partial charge in [-0.05, 0) is 70.0 Å². The summed E-state index contributed by atoms with van der Waals surface area (Å²) in [7, 11) is 4.10. The molecule has 0 saturated heterocycles. The number of rotatable bonds is 6. The van der Waals surface area contributed by atoms with Gasteiger partial charge in [0.1, 0.15) is 0 Å². The molecule has 1 heterocycles. The van der Waals surface area contributed by atoms with Crippen LogP contribution < -0.4 is 0 Å². The molecule has 24 heavy (non-hydrogen) atoms. The number of hydrogen-bond acceptors (Lipinski definition) is 2. The SMILES string of the molecule is CCCN(CCN(C)C)C(=O)c1ccc2[nH]c3c(c2c1)CCCC3. The normalized spacial score (nSPS) is 14.2. The van der Waals surface area contributed by atoms with Crippen LogP contribution in [0.25, 0.3) is 10.9 Å². The van der Waals surface area contributed by atoms with Crippen molar-refractivity contribution in [2.45, 2.75) is 39.0 Å². The van der Waals surface area contributed by atoms with Crippen molar-refractivity contribution in [3.8, 4) is 0 Å². The minimum atomic E-state index is 0.159. The number of nitrogens with one attached hydrogen (secondary N) is 1. The van der Waals surface area contributed by atoms with Crippen LogP contribution in [0.4, 0.5) is 0 Å². The average molecular weight is 327 g/mol. The van der Waals surface area contributed by atoms with E-state index in [1.54, 1.807) is 0 Å². The van der Waals surface area contributed by atoms with Gasteiger partial charge in [0.2, 0.25) is 0 Å². The number of H-pyrrole nitrogens is 1. The third-order valence-electron chi connectivity index (χ3n) is 4.94. The molecule has 4 heteroatoms. The largest absolute Gasteiger partial charge is 0.358 e. The highest BCUT2D eigenvalue weighted by molar-refractivity contribution is 5.99. The maximum absolute atomic E-state index is 13.0. The molecule has 4 nitrogen and oxygen atoms in total. The highest BCUT2D eigenvalue weighted by Crippen LogP contribution is 2.30. The first-order valence-corrected chi connectivity index (χ1v) is 9.17. The van der Waals surface area contributed by atoms with E-state index in [1.165, 1.54) is 35.0 Å². The van der Waals surface area contributed by atoms with Gasteiger partial charge in [0.25, 0.3) is 5.91 Å².